The summed E-state index contributed by atoms with van der Waals surface area (Å²) >= 11 is 4.01. The Morgan fingerprint density at radius 2 is 2.31 bits per heavy atom. The number of nitrogens with one attached hydrogen (secondary N) is 1. The monoisotopic (exact) mass is 247 g/mol. The third-order valence-corrected chi connectivity index (χ3v) is 2.04. The fraction of sp³-hybridized carbons (Fsp3) is 0.700. The molecule has 2 unspecified atom stereocenters. The van der Waals surface area contributed by atoms with Gasteiger partial charge in [0.25, 0.3) is 0 Å². The molecule has 16 heavy (non-hydrogen) atoms. The summed E-state index contributed by atoms with van der Waals surface area (Å²) in [6, 6.07) is 0. The Hall–Kier alpha value is -0.560. The van der Waals surface area contributed by atoms with Gasteiger partial charge in [-0.1, -0.05) is 6.58 Å². The molecular weight excluding hydrogens is 230 g/mol. The first kappa shape index (κ1) is 13.5. The summed E-state index contributed by atoms with van der Waals surface area (Å²) in [6.45, 7) is 6.49. The Morgan fingerprint density at radius 3 is 2.94 bits per heavy atom. The zero-order chi connectivity index (χ0) is 12.0. The third kappa shape index (κ3) is 4.98. The van der Waals surface area contributed by atoms with Crippen molar-refractivity contribution in [3.63, 3.8) is 0 Å². The smallest absolute Gasteiger partial charge is 0.333 e. The maximum absolute atomic E-state index is 11.0. The van der Waals surface area contributed by atoms with E-state index >= 15 is 0 Å². The minimum atomic E-state index is -0.374. The molecule has 0 spiro atoms. The molecule has 0 aromatic carbocycles. The van der Waals surface area contributed by atoms with Crippen molar-refractivity contribution in [3.05, 3.63) is 12.2 Å². The molecule has 1 aliphatic rings. The van der Waals surface area contributed by atoms with Crippen molar-refractivity contribution in [2.45, 2.75) is 19.4 Å². The number of carbonyl (C=O) groups is 1. The van der Waals surface area contributed by atoms with Crippen LogP contribution in [0.5, 0.6) is 0 Å². The Morgan fingerprint density at radius 1 is 1.56 bits per heavy atom. The average Bonchev–Trinajstić information content (AvgIpc) is 2.99. The summed E-state index contributed by atoms with van der Waals surface area (Å²) in [7, 11) is 0. The van der Waals surface area contributed by atoms with Crippen molar-refractivity contribution in [1.29, 1.82) is 0 Å². The number of rotatable bonds is 8. The van der Waals surface area contributed by atoms with Gasteiger partial charge in [0.05, 0.1) is 6.61 Å². The summed E-state index contributed by atoms with van der Waals surface area (Å²) in [4.78, 5) is 11.0. The van der Waals surface area contributed by atoms with Crippen LogP contribution in [-0.2, 0) is 19.0 Å². The second kappa shape index (κ2) is 6.90. The second-order valence-corrected chi connectivity index (χ2v) is 3.84. The minimum Gasteiger partial charge on any atom is -0.461 e. The molecule has 0 aromatic rings. The van der Waals surface area contributed by atoms with E-state index in [1.54, 1.807) is 6.92 Å². The van der Waals surface area contributed by atoms with Crippen molar-refractivity contribution in [2.24, 2.45) is 0 Å². The van der Waals surface area contributed by atoms with Crippen LogP contribution in [0.4, 0.5) is 0 Å². The lowest BCUT2D eigenvalue weighted by Gasteiger charge is -2.04. The first-order valence-corrected chi connectivity index (χ1v) is 5.72. The predicted molar refractivity (Wildman–Crippen MR) is 62.2 cm³/mol. The van der Waals surface area contributed by atoms with E-state index in [1.165, 1.54) is 0 Å². The van der Waals surface area contributed by atoms with Crippen LogP contribution in [0.15, 0.2) is 12.2 Å². The van der Waals surface area contributed by atoms with Crippen LogP contribution in [0.25, 0.3) is 0 Å². The van der Waals surface area contributed by atoms with Crippen LogP contribution >= 0.6 is 12.6 Å². The van der Waals surface area contributed by atoms with Crippen molar-refractivity contribution >= 4 is 18.6 Å². The molecule has 0 saturated carbocycles. The third-order valence-electron chi connectivity index (χ3n) is 1.85. The molecule has 2 atom stereocenters. The number of thiol groups is 1. The Balaban J connectivity index is 1.93. The predicted octanol–water partition coefficient (Wildman–Crippen LogP) is 0.324. The van der Waals surface area contributed by atoms with Gasteiger partial charge in [0.2, 0.25) is 0 Å². The highest BCUT2D eigenvalue weighted by atomic mass is 32.1. The van der Waals surface area contributed by atoms with E-state index in [2.05, 4.69) is 24.5 Å². The standard InChI is InChI=1S/C10H17NO4S/c1-7(2)9(12)13-4-3-11-8-10(15-8)14-5-6-16/h8,10-11,16H,1,3-6H2,2H3. The van der Waals surface area contributed by atoms with Gasteiger partial charge >= 0.3 is 5.97 Å². The molecular formula is C10H17NO4S. The van der Waals surface area contributed by atoms with Gasteiger partial charge in [-0.15, -0.1) is 0 Å². The Kier molecular flexibility index (Phi) is 5.83. The molecule has 0 amide bonds. The zero-order valence-electron chi connectivity index (χ0n) is 9.27. The number of esters is 1. The van der Waals surface area contributed by atoms with Crippen molar-refractivity contribution in [1.82, 2.24) is 5.32 Å². The van der Waals surface area contributed by atoms with E-state index in [0.717, 1.165) is 0 Å². The summed E-state index contributed by atoms with van der Waals surface area (Å²) in [5, 5.41) is 3.03. The summed E-state index contributed by atoms with van der Waals surface area (Å²) < 4.78 is 15.3. The molecule has 0 radical (unpaired) electrons. The molecule has 1 rings (SSSR count). The zero-order valence-corrected chi connectivity index (χ0v) is 10.2. The van der Waals surface area contributed by atoms with E-state index < -0.39 is 0 Å². The van der Waals surface area contributed by atoms with Gasteiger partial charge in [0, 0.05) is 17.9 Å². The van der Waals surface area contributed by atoms with Crippen LogP contribution in [0.3, 0.4) is 0 Å². The van der Waals surface area contributed by atoms with Gasteiger partial charge in [0.1, 0.15) is 6.61 Å². The first-order chi connectivity index (χ1) is 7.65. The molecule has 0 bridgehead atoms. The highest BCUT2D eigenvalue weighted by molar-refractivity contribution is 7.80. The minimum absolute atomic E-state index is 0.0941. The molecule has 1 heterocycles. The quantitative estimate of drug-likeness (QED) is 0.213. The summed E-state index contributed by atoms with van der Waals surface area (Å²) in [5.74, 6) is 0.296. The molecule has 0 aromatic heterocycles. The molecule has 0 aliphatic carbocycles. The number of epoxide rings is 1. The molecule has 92 valence electrons. The maximum atomic E-state index is 11.0. The fourth-order valence-electron chi connectivity index (χ4n) is 1.01. The topological polar surface area (TPSA) is 60.1 Å². The van der Waals surface area contributed by atoms with Gasteiger partial charge in [-0.05, 0) is 6.92 Å². The molecule has 1 saturated heterocycles. The highest BCUT2D eigenvalue weighted by Gasteiger charge is 2.39. The number of hydrogen-bond donors (Lipinski definition) is 2. The van der Waals surface area contributed by atoms with E-state index in [9.17, 15) is 4.79 Å². The first-order valence-electron chi connectivity index (χ1n) is 5.09. The molecule has 5 nitrogen and oxygen atoms in total. The fourth-order valence-corrected chi connectivity index (χ4v) is 1.11. The molecule has 6 heteroatoms. The van der Waals surface area contributed by atoms with Crippen LogP contribution < -0.4 is 5.32 Å². The van der Waals surface area contributed by atoms with Crippen molar-refractivity contribution < 1.29 is 19.0 Å². The van der Waals surface area contributed by atoms with Crippen molar-refractivity contribution in [2.75, 3.05) is 25.5 Å². The number of carbonyl (C=O) groups excluding carboxylic acids is 1. The molecule has 1 aliphatic heterocycles. The van der Waals surface area contributed by atoms with Crippen LogP contribution in [0.1, 0.15) is 6.92 Å². The SMILES string of the molecule is C=C(C)C(=O)OCCNC1OC1OCCS. The molecule has 1 N–H and O–H groups in total. The number of hydrogen-bond acceptors (Lipinski definition) is 6. The number of ether oxygens (including phenoxy) is 3. The van der Waals surface area contributed by atoms with E-state index in [1.807, 2.05) is 0 Å². The van der Waals surface area contributed by atoms with Gasteiger partial charge < -0.3 is 14.2 Å². The normalized spacial score (nSPS) is 22.9. The van der Waals surface area contributed by atoms with E-state index in [0.29, 0.717) is 31.1 Å². The Bertz CT molecular complexity index is 259. The highest BCUT2D eigenvalue weighted by Crippen LogP contribution is 2.19. The van der Waals surface area contributed by atoms with Gasteiger partial charge in [-0.25, -0.2) is 4.79 Å². The second-order valence-electron chi connectivity index (χ2n) is 3.39. The largest absolute Gasteiger partial charge is 0.461 e. The Labute approximate surface area is 101 Å². The van der Waals surface area contributed by atoms with Crippen LogP contribution in [-0.4, -0.2) is 44.0 Å². The lowest BCUT2D eigenvalue weighted by atomic mass is 10.4. The van der Waals surface area contributed by atoms with Gasteiger partial charge in [-0.2, -0.15) is 12.6 Å². The van der Waals surface area contributed by atoms with Gasteiger partial charge in [0.15, 0.2) is 12.5 Å². The summed E-state index contributed by atoms with van der Waals surface area (Å²) in [5.41, 5.74) is 0.401. The summed E-state index contributed by atoms with van der Waals surface area (Å²) in [6.07, 6.45) is -0.285. The lowest BCUT2D eigenvalue weighted by Crippen LogP contribution is -2.26. The van der Waals surface area contributed by atoms with E-state index in [4.69, 9.17) is 14.2 Å². The lowest BCUT2D eigenvalue weighted by molar-refractivity contribution is -0.138. The van der Waals surface area contributed by atoms with Gasteiger partial charge in [-0.3, -0.25) is 5.32 Å². The van der Waals surface area contributed by atoms with Crippen molar-refractivity contribution in [3.8, 4) is 0 Å². The average molecular weight is 247 g/mol. The van der Waals surface area contributed by atoms with Crippen LogP contribution in [0.2, 0.25) is 0 Å². The maximum Gasteiger partial charge on any atom is 0.333 e. The van der Waals surface area contributed by atoms with Crippen LogP contribution in [0, 0.1) is 0 Å². The molecule has 1 fully saturated rings. The van der Waals surface area contributed by atoms with E-state index in [-0.39, 0.29) is 18.5 Å².